The minimum atomic E-state index is -0.310. The first-order valence-corrected chi connectivity index (χ1v) is 8.66. The van der Waals surface area contributed by atoms with E-state index in [0.717, 1.165) is 16.2 Å². The Bertz CT molecular complexity index is 732. The topological polar surface area (TPSA) is 75.7 Å². The molecule has 3 unspecified atom stereocenters. The van der Waals surface area contributed by atoms with E-state index in [0.29, 0.717) is 25.9 Å². The van der Waals surface area contributed by atoms with Crippen LogP contribution in [0.4, 0.5) is 0 Å². The predicted molar refractivity (Wildman–Crippen MR) is 89.5 cm³/mol. The van der Waals surface area contributed by atoms with Crippen LogP contribution in [0.25, 0.3) is 0 Å². The number of amides is 3. The van der Waals surface area contributed by atoms with Gasteiger partial charge in [0.15, 0.2) is 0 Å². The van der Waals surface area contributed by atoms with Crippen LogP contribution in [0.2, 0.25) is 0 Å². The first-order valence-electron chi connectivity index (χ1n) is 8.66. The van der Waals surface area contributed by atoms with Crippen LogP contribution in [0.1, 0.15) is 30.9 Å². The molecule has 3 amide bonds. The van der Waals surface area contributed by atoms with Crippen molar-refractivity contribution in [3.63, 3.8) is 0 Å². The zero-order chi connectivity index (χ0) is 17.4. The van der Waals surface area contributed by atoms with E-state index in [1.54, 1.807) is 0 Å². The third-order valence-electron chi connectivity index (χ3n) is 5.19. The van der Waals surface area contributed by atoms with E-state index >= 15 is 0 Å². The Hall–Kier alpha value is -2.63. The molecule has 6 heteroatoms. The van der Waals surface area contributed by atoms with Crippen LogP contribution < -0.4 is 10.1 Å². The van der Waals surface area contributed by atoms with Gasteiger partial charge in [-0.25, -0.2) is 0 Å². The smallest absolute Gasteiger partial charge is 0.240 e. The molecule has 3 aliphatic rings. The van der Waals surface area contributed by atoms with Crippen molar-refractivity contribution in [2.75, 3.05) is 13.2 Å². The fourth-order valence-corrected chi connectivity index (χ4v) is 3.90. The zero-order valence-corrected chi connectivity index (χ0v) is 13.8. The van der Waals surface area contributed by atoms with Crippen LogP contribution in [0, 0.1) is 11.8 Å². The third kappa shape index (κ3) is 2.81. The normalized spacial score (nSPS) is 27.5. The lowest BCUT2D eigenvalue weighted by Crippen LogP contribution is -2.42. The third-order valence-corrected chi connectivity index (χ3v) is 5.19. The molecule has 0 saturated carbocycles. The average molecular weight is 340 g/mol. The van der Waals surface area contributed by atoms with Crippen LogP contribution >= 0.6 is 0 Å². The number of carbonyl (C=O) groups excluding carboxylic acids is 3. The first-order chi connectivity index (χ1) is 12.1. The van der Waals surface area contributed by atoms with Crippen molar-refractivity contribution in [1.82, 2.24) is 10.2 Å². The average Bonchev–Trinajstić information content (AvgIpc) is 2.87. The van der Waals surface area contributed by atoms with Crippen molar-refractivity contribution in [3.05, 3.63) is 42.0 Å². The van der Waals surface area contributed by atoms with Gasteiger partial charge in [-0.2, -0.15) is 0 Å². The quantitative estimate of drug-likeness (QED) is 0.669. The fourth-order valence-electron chi connectivity index (χ4n) is 3.90. The number of likely N-dealkylation sites (tertiary alicyclic amines) is 1. The molecule has 3 atom stereocenters. The molecule has 6 nitrogen and oxygen atoms in total. The van der Waals surface area contributed by atoms with E-state index in [9.17, 15) is 14.4 Å². The molecule has 1 fully saturated rings. The highest BCUT2D eigenvalue weighted by atomic mass is 16.5. The molecule has 1 saturated heterocycles. The van der Waals surface area contributed by atoms with Gasteiger partial charge >= 0.3 is 0 Å². The second-order valence-electron chi connectivity index (χ2n) is 6.71. The molecule has 1 aromatic rings. The SMILES string of the molecule is O=C(CN1C(=O)C2CC=CCC2C1=O)NC1CCOc2ccccc21. The number of fused-ring (bicyclic) bond motifs is 2. The molecule has 1 N–H and O–H groups in total. The summed E-state index contributed by atoms with van der Waals surface area (Å²) in [5.41, 5.74) is 0.930. The molecule has 1 aromatic carbocycles. The van der Waals surface area contributed by atoms with Crippen LogP contribution in [-0.4, -0.2) is 35.8 Å². The number of allylic oxidation sites excluding steroid dienone is 2. The molecule has 1 aliphatic carbocycles. The van der Waals surface area contributed by atoms with Gasteiger partial charge in [0, 0.05) is 12.0 Å². The van der Waals surface area contributed by atoms with Gasteiger partial charge in [0.05, 0.1) is 24.5 Å². The number of carbonyl (C=O) groups is 3. The van der Waals surface area contributed by atoms with Gasteiger partial charge in [-0.05, 0) is 18.9 Å². The maximum Gasteiger partial charge on any atom is 0.240 e. The minimum Gasteiger partial charge on any atom is -0.493 e. The lowest BCUT2D eigenvalue weighted by molar-refractivity contribution is -0.143. The van der Waals surface area contributed by atoms with Gasteiger partial charge < -0.3 is 10.1 Å². The number of hydrogen-bond donors (Lipinski definition) is 1. The Balaban J connectivity index is 1.43. The molecule has 0 spiro atoms. The monoisotopic (exact) mass is 340 g/mol. The molecule has 2 aliphatic heterocycles. The van der Waals surface area contributed by atoms with Gasteiger partial charge in [0.2, 0.25) is 17.7 Å². The number of benzene rings is 1. The van der Waals surface area contributed by atoms with E-state index in [1.165, 1.54) is 0 Å². The summed E-state index contributed by atoms with van der Waals surface area (Å²) in [5, 5.41) is 2.94. The maximum absolute atomic E-state index is 12.5. The van der Waals surface area contributed by atoms with Crippen LogP contribution in [-0.2, 0) is 14.4 Å². The Morgan fingerprint density at radius 1 is 1.12 bits per heavy atom. The number of imide groups is 1. The van der Waals surface area contributed by atoms with Crippen LogP contribution in [0.15, 0.2) is 36.4 Å². The summed E-state index contributed by atoms with van der Waals surface area (Å²) in [6.07, 6.45) is 5.71. The minimum absolute atomic E-state index is 0.158. The summed E-state index contributed by atoms with van der Waals surface area (Å²) in [6.45, 7) is 0.323. The van der Waals surface area contributed by atoms with Crippen molar-refractivity contribution in [3.8, 4) is 5.75 Å². The lowest BCUT2D eigenvalue weighted by atomic mass is 9.85. The van der Waals surface area contributed by atoms with Crippen LogP contribution in [0.5, 0.6) is 5.75 Å². The van der Waals surface area contributed by atoms with Crippen molar-refractivity contribution >= 4 is 17.7 Å². The van der Waals surface area contributed by atoms with Gasteiger partial charge in [0.25, 0.3) is 0 Å². The van der Waals surface area contributed by atoms with Gasteiger partial charge in [0.1, 0.15) is 12.3 Å². The fraction of sp³-hybridized carbons (Fsp3) is 0.421. The van der Waals surface area contributed by atoms with E-state index in [4.69, 9.17) is 4.74 Å². The number of para-hydroxylation sites is 1. The highest BCUT2D eigenvalue weighted by molar-refractivity contribution is 6.07. The summed E-state index contributed by atoms with van der Waals surface area (Å²) in [5.74, 6) is -0.577. The van der Waals surface area contributed by atoms with E-state index in [1.807, 2.05) is 36.4 Å². The van der Waals surface area contributed by atoms with Gasteiger partial charge in [-0.15, -0.1) is 0 Å². The van der Waals surface area contributed by atoms with Gasteiger partial charge in [-0.1, -0.05) is 30.4 Å². The summed E-state index contributed by atoms with van der Waals surface area (Å²) < 4.78 is 5.59. The summed E-state index contributed by atoms with van der Waals surface area (Å²) in [7, 11) is 0. The number of hydrogen-bond acceptors (Lipinski definition) is 4. The molecule has 0 radical (unpaired) electrons. The summed E-state index contributed by atoms with van der Waals surface area (Å²) in [6, 6.07) is 7.43. The standard InChI is InChI=1S/C19H20N2O4/c22-17(20-15-9-10-25-16-8-4-3-7-14(15)16)11-21-18(23)12-5-1-2-6-13(12)19(21)24/h1-4,7-8,12-13,15H,5-6,9-11H2,(H,20,22). The predicted octanol–water partition coefficient (Wildman–Crippen LogP) is 1.58. The Labute approximate surface area is 145 Å². The second-order valence-corrected chi connectivity index (χ2v) is 6.71. The van der Waals surface area contributed by atoms with Crippen molar-refractivity contribution in [1.29, 1.82) is 0 Å². The van der Waals surface area contributed by atoms with E-state index < -0.39 is 0 Å². The number of ether oxygens (including phenoxy) is 1. The van der Waals surface area contributed by atoms with E-state index in [-0.39, 0.29) is 42.1 Å². The van der Waals surface area contributed by atoms with E-state index in [2.05, 4.69) is 5.32 Å². The highest BCUT2D eigenvalue weighted by Gasteiger charge is 2.47. The summed E-state index contributed by atoms with van der Waals surface area (Å²) >= 11 is 0. The molecule has 2 heterocycles. The summed E-state index contributed by atoms with van der Waals surface area (Å²) in [4.78, 5) is 38.5. The van der Waals surface area contributed by atoms with Crippen molar-refractivity contribution in [2.45, 2.75) is 25.3 Å². The number of nitrogens with one attached hydrogen (secondary N) is 1. The molecular weight excluding hydrogens is 320 g/mol. The lowest BCUT2D eigenvalue weighted by Gasteiger charge is -2.27. The molecule has 4 rings (SSSR count). The molecule has 25 heavy (non-hydrogen) atoms. The maximum atomic E-state index is 12.5. The molecule has 130 valence electrons. The number of rotatable bonds is 3. The Kier molecular flexibility index (Phi) is 4.03. The first kappa shape index (κ1) is 15.9. The van der Waals surface area contributed by atoms with Crippen molar-refractivity contribution in [2.24, 2.45) is 11.8 Å². The Morgan fingerprint density at radius 3 is 2.52 bits per heavy atom. The zero-order valence-electron chi connectivity index (χ0n) is 13.8. The van der Waals surface area contributed by atoms with Crippen molar-refractivity contribution < 1.29 is 19.1 Å². The number of nitrogens with zero attached hydrogens (tertiary/aromatic N) is 1. The molecule has 0 bridgehead atoms. The van der Waals surface area contributed by atoms with Gasteiger partial charge in [-0.3, -0.25) is 19.3 Å². The molecule has 0 aromatic heterocycles. The Morgan fingerprint density at radius 2 is 1.80 bits per heavy atom. The largest absolute Gasteiger partial charge is 0.493 e. The highest BCUT2D eigenvalue weighted by Crippen LogP contribution is 2.35. The second kappa shape index (κ2) is 6.35. The van der Waals surface area contributed by atoms with Crippen LogP contribution in [0.3, 0.4) is 0 Å². The molecular formula is C19H20N2O4.